The lowest BCUT2D eigenvalue weighted by molar-refractivity contribution is -0.151. The molecule has 2 aliphatic rings. The number of methoxy groups -OCH3 is 1. The van der Waals surface area contributed by atoms with Crippen LogP contribution in [-0.2, 0) is 9.53 Å². The van der Waals surface area contributed by atoms with Crippen molar-refractivity contribution in [2.75, 3.05) is 19.0 Å². The molecule has 0 spiro atoms. The number of unbranched alkanes of at least 4 members (excludes halogenated alkanes) is 1. The number of benzene rings is 1. The van der Waals surface area contributed by atoms with Crippen LogP contribution in [-0.4, -0.2) is 48.0 Å². The zero-order valence-corrected chi connectivity index (χ0v) is 23.4. The number of aliphatic imine (C=N–C) groups is 1. The van der Waals surface area contributed by atoms with Crippen molar-refractivity contribution < 1.29 is 9.53 Å². The molecule has 1 aromatic carbocycles. The number of esters is 1. The molecule has 0 radical (unpaired) electrons. The van der Waals surface area contributed by atoms with Crippen LogP contribution in [0.4, 0.5) is 5.69 Å². The van der Waals surface area contributed by atoms with E-state index >= 15 is 0 Å². The fourth-order valence-electron chi connectivity index (χ4n) is 6.22. The van der Waals surface area contributed by atoms with E-state index in [1.54, 1.807) is 0 Å². The highest BCUT2D eigenvalue weighted by molar-refractivity contribution is 6.30. The minimum atomic E-state index is -0.788. The van der Waals surface area contributed by atoms with Crippen LogP contribution < -0.4 is 5.32 Å². The molecule has 0 saturated heterocycles. The first-order chi connectivity index (χ1) is 16.7. The third-order valence-corrected chi connectivity index (χ3v) is 8.96. The largest absolute Gasteiger partial charge is 0.467 e. The van der Waals surface area contributed by atoms with E-state index in [1.165, 1.54) is 32.8 Å². The lowest BCUT2D eigenvalue weighted by Gasteiger charge is -2.44. The molecule has 3 unspecified atom stereocenters. The van der Waals surface area contributed by atoms with Crippen LogP contribution in [0.3, 0.4) is 0 Å². The van der Waals surface area contributed by atoms with Crippen molar-refractivity contribution in [3.8, 4) is 0 Å². The Bertz CT molecular complexity index is 848. The molecule has 35 heavy (non-hydrogen) atoms. The van der Waals surface area contributed by atoms with Gasteiger partial charge in [-0.25, -0.2) is 4.79 Å². The van der Waals surface area contributed by atoms with E-state index in [4.69, 9.17) is 21.3 Å². The maximum Gasteiger partial charge on any atom is 0.336 e. The van der Waals surface area contributed by atoms with Gasteiger partial charge < -0.3 is 15.0 Å². The maximum absolute atomic E-state index is 13.2. The molecule has 3 atom stereocenters. The highest BCUT2D eigenvalue weighted by atomic mass is 35.5. The third kappa shape index (κ3) is 6.15. The van der Waals surface area contributed by atoms with E-state index in [1.807, 2.05) is 18.5 Å². The molecule has 5 nitrogen and oxygen atoms in total. The standard InChI is InChI=1S/C29H46ClN3O2/c1-7-9-18-33-20-31-29(21(3)8-2,27(34)35-6)26(33)19-22-10-12-23(13-11-22)28(4,5)32-25-16-14-24(30)15-17-25/h14-17,20-23,26,32H,7-13,18-19H2,1-6H3. The van der Waals surface area contributed by atoms with Gasteiger partial charge in [0.2, 0.25) is 0 Å². The Kier molecular flexibility index (Phi) is 9.53. The predicted octanol–water partition coefficient (Wildman–Crippen LogP) is 7.20. The number of rotatable bonds is 11. The van der Waals surface area contributed by atoms with Crippen LogP contribution in [0.5, 0.6) is 0 Å². The highest BCUT2D eigenvalue weighted by Gasteiger charge is 2.55. The number of carbonyl (C=O) groups is 1. The lowest BCUT2D eigenvalue weighted by atomic mass is 9.69. The molecule has 1 aliphatic heterocycles. The van der Waals surface area contributed by atoms with Crippen molar-refractivity contribution in [2.24, 2.45) is 22.7 Å². The second-order valence-electron chi connectivity index (χ2n) is 11.3. The van der Waals surface area contributed by atoms with Gasteiger partial charge >= 0.3 is 5.97 Å². The van der Waals surface area contributed by atoms with Gasteiger partial charge in [-0.05, 0) is 81.5 Å². The number of hydrogen-bond acceptors (Lipinski definition) is 5. The normalized spacial score (nSPS) is 27.6. The van der Waals surface area contributed by atoms with Crippen LogP contribution in [0, 0.1) is 17.8 Å². The van der Waals surface area contributed by atoms with Crippen molar-refractivity contribution in [2.45, 2.75) is 103 Å². The van der Waals surface area contributed by atoms with Gasteiger partial charge in [-0.15, -0.1) is 0 Å². The smallest absolute Gasteiger partial charge is 0.336 e. The molecule has 1 heterocycles. The SMILES string of the molecule is CCCCN1C=NC(C(=O)OC)(C(C)CC)C1CC1CCC(C(C)(C)Nc2ccc(Cl)cc2)CC1. The second-order valence-corrected chi connectivity index (χ2v) is 11.7. The van der Waals surface area contributed by atoms with E-state index in [0.29, 0.717) is 11.8 Å². The lowest BCUT2D eigenvalue weighted by Crippen LogP contribution is -2.56. The summed E-state index contributed by atoms with van der Waals surface area (Å²) in [5, 5.41) is 4.51. The number of carbonyl (C=O) groups excluding carboxylic acids is 1. The molecule has 1 fully saturated rings. The van der Waals surface area contributed by atoms with E-state index < -0.39 is 5.54 Å². The topological polar surface area (TPSA) is 53.9 Å². The summed E-state index contributed by atoms with van der Waals surface area (Å²) in [5.41, 5.74) is 0.339. The van der Waals surface area contributed by atoms with Crippen molar-refractivity contribution in [3.05, 3.63) is 29.3 Å². The van der Waals surface area contributed by atoms with Crippen molar-refractivity contribution in [3.63, 3.8) is 0 Å². The average Bonchev–Trinajstić information content (AvgIpc) is 3.22. The van der Waals surface area contributed by atoms with Gasteiger partial charge in [-0.2, -0.15) is 0 Å². The number of hydrogen-bond donors (Lipinski definition) is 1. The van der Waals surface area contributed by atoms with Gasteiger partial charge in [-0.3, -0.25) is 4.99 Å². The maximum atomic E-state index is 13.2. The zero-order valence-electron chi connectivity index (χ0n) is 22.6. The van der Waals surface area contributed by atoms with Gasteiger partial charge in [0.1, 0.15) is 0 Å². The minimum absolute atomic E-state index is 0.00886. The number of halogens is 1. The summed E-state index contributed by atoms with van der Waals surface area (Å²) in [4.78, 5) is 20.5. The Morgan fingerprint density at radius 2 is 1.89 bits per heavy atom. The Labute approximate surface area is 218 Å². The predicted molar refractivity (Wildman–Crippen MR) is 147 cm³/mol. The summed E-state index contributed by atoms with van der Waals surface area (Å²) < 4.78 is 5.36. The Balaban J connectivity index is 1.69. The first kappa shape index (κ1) is 27.8. The zero-order chi connectivity index (χ0) is 25.6. The summed E-state index contributed by atoms with van der Waals surface area (Å²) in [6.07, 6.45) is 10.9. The summed E-state index contributed by atoms with van der Waals surface area (Å²) in [6.45, 7) is 12.1. The van der Waals surface area contributed by atoms with E-state index in [-0.39, 0.29) is 23.5 Å². The molecule has 1 N–H and O–H groups in total. The number of nitrogens with zero attached hydrogens (tertiary/aromatic N) is 2. The molecule has 196 valence electrons. The number of ether oxygens (including phenoxy) is 1. The van der Waals surface area contributed by atoms with Crippen molar-refractivity contribution >= 4 is 29.6 Å². The van der Waals surface area contributed by atoms with Gasteiger partial charge in [0.05, 0.1) is 19.5 Å². The molecule has 1 aliphatic carbocycles. The van der Waals surface area contributed by atoms with Crippen LogP contribution in [0.2, 0.25) is 5.02 Å². The molecular formula is C29H46ClN3O2. The molecule has 0 amide bonds. The van der Waals surface area contributed by atoms with Crippen LogP contribution in [0.25, 0.3) is 0 Å². The van der Waals surface area contributed by atoms with Crippen LogP contribution >= 0.6 is 11.6 Å². The summed E-state index contributed by atoms with van der Waals surface area (Å²) in [7, 11) is 1.51. The second kappa shape index (κ2) is 12.0. The monoisotopic (exact) mass is 503 g/mol. The minimum Gasteiger partial charge on any atom is -0.467 e. The molecular weight excluding hydrogens is 458 g/mol. The molecule has 0 bridgehead atoms. The first-order valence-electron chi connectivity index (χ1n) is 13.6. The Hall–Kier alpha value is -1.75. The van der Waals surface area contributed by atoms with Gasteiger partial charge in [0.15, 0.2) is 5.54 Å². The Morgan fingerprint density at radius 1 is 1.23 bits per heavy atom. The summed E-state index contributed by atoms with van der Waals surface area (Å²) >= 11 is 6.06. The van der Waals surface area contributed by atoms with Crippen LogP contribution in [0.1, 0.15) is 86.0 Å². The quantitative estimate of drug-likeness (QED) is 0.324. The molecule has 1 saturated carbocycles. The van der Waals surface area contributed by atoms with Gasteiger partial charge in [0, 0.05) is 22.8 Å². The number of anilines is 1. The summed E-state index contributed by atoms with van der Waals surface area (Å²) in [6, 6.07) is 8.08. The van der Waals surface area contributed by atoms with Gasteiger partial charge in [-0.1, -0.05) is 58.1 Å². The molecule has 1 aromatic rings. The molecule has 6 heteroatoms. The fraction of sp³-hybridized carbons (Fsp3) is 0.724. The van der Waals surface area contributed by atoms with Crippen molar-refractivity contribution in [1.82, 2.24) is 4.90 Å². The Morgan fingerprint density at radius 3 is 2.46 bits per heavy atom. The average molecular weight is 504 g/mol. The molecule has 0 aromatic heterocycles. The highest BCUT2D eigenvalue weighted by Crippen LogP contribution is 2.44. The van der Waals surface area contributed by atoms with Crippen molar-refractivity contribution in [1.29, 1.82) is 0 Å². The molecule has 3 rings (SSSR count). The van der Waals surface area contributed by atoms with E-state index in [0.717, 1.165) is 42.9 Å². The first-order valence-corrected chi connectivity index (χ1v) is 14.0. The number of nitrogens with one attached hydrogen (secondary N) is 1. The fourth-order valence-corrected chi connectivity index (χ4v) is 6.35. The summed E-state index contributed by atoms with van der Waals surface area (Å²) in [5.74, 6) is 1.17. The van der Waals surface area contributed by atoms with E-state index in [9.17, 15) is 4.79 Å². The van der Waals surface area contributed by atoms with E-state index in [2.05, 4.69) is 57.0 Å². The third-order valence-electron chi connectivity index (χ3n) is 8.71. The van der Waals surface area contributed by atoms with Gasteiger partial charge in [0.25, 0.3) is 0 Å². The van der Waals surface area contributed by atoms with Crippen LogP contribution in [0.15, 0.2) is 29.3 Å².